The molecule has 4 unspecified atom stereocenters. The van der Waals surface area contributed by atoms with Gasteiger partial charge in [-0.1, -0.05) is 26.8 Å². The van der Waals surface area contributed by atoms with Crippen molar-refractivity contribution in [3.63, 3.8) is 0 Å². The summed E-state index contributed by atoms with van der Waals surface area (Å²) in [6, 6.07) is 0. The number of imidazole rings is 1. The van der Waals surface area contributed by atoms with E-state index in [2.05, 4.69) is 11.6 Å². The van der Waals surface area contributed by atoms with Crippen molar-refractivity contribution >= 4 is 22.9 Å². The smallest absolute Gasteiger partial charge is 0.333 e. The molecule has 2 aliphatic carbocycles. The molecule has 3 aliphatic rings. The Bertz CT molecular complexity index is 1710. The number of methoxy groups -OCH3 is 1. The summed E-state index contributed by atoms with van der Waals surface area (Å²) in [6.45, 7) is 11.7. The minimum Gasteiger partial charge on any atom is -0.458 e. The Morgan fingerprint density at radius 2 is 1.85 bits per heavy atom. The van der Waals surface area contributed by atoms with Gasteiger partial charge in [-0.2, -0.15) is 0 Å². The first kappa shape index (κ1) is 35.1. The van der Waals surface area contributed by atoms with Crippen LogP contribution in [0, 0.1) is 16.7 Å². The molecule has 15 nitrogen and oxygen atoms in total. The van der Waals surface area contributed by atoms with E-state index in [1.165, 1.54) is 38.1 Å². The Hall–Kier alpha value is -3.21. The van der Waals surface area contributed by atoms with Gasteiger partial charge in [-0.05, 0) is 32.1 Å². The fraction of sp³-hybridized carbons (Fsp3) is 0.719. The zero-order valence-corrected chi connectivity index (χ0v) is 28.0. The third-order valence-electron chi connectivity index (χ3n) is 11.1. The normalized spacial score (nSPS) is 36.5. The van der Waals surface area contributed by atoms with Crippen molar-refractivity contribution in [3.8, 4) is 0 Å². The van der Waals surface area contributed by atoms with E-state index in [0.29, 0.717) is 17.6 Å². The molecule has 0 radical (unpaired) electrons. The number of hydrogen-bond acceptors (Lipinski definition) is 12. The average molecular weight is 663 g/mol. The van der Waals surface area contributed by atoms with Gasteiger partial charge in [0.2, 0.25) is 0 Å². The van der Waals surface area contributed by atoms with Crippen LogP contribution in [0.2, 0.25) is 0 Å². The monoisotopic (exact) mass is 662 g/mol. The summed E-state index contributed by atoms with van der Waals surface area (Å²) in [4.78, 5) is 58.8. The quantitative estimate of drug-likeness (QED) is 0.186. The maximum Gasteiger partial charge on any atom is 0.333 e. The number of hydrogen-bond donors (Lipinski definition) is 3. The number of ether oxygens (including phenoxy) is 4. The van der Waals surface area contributed by atoms with Crippen molar-refractivity contribution in [1.82, 2.24) is 18.7 Å². The molecule has 0 amide bonds. The number of rotatable bonds is 9. The predicted octanol–water partition coefficient (Wildman–Crippen LogP) is 0.0308. The molecule has 260 valence electrons. The second-order valence-corrected chi connectivity index (χ2v) is 14.4. The number of carbonyl (C=O) groups is 2. The highest BCUT2D eigenvalue weighted by atomic mass is 16.6. The number of carbonyl (C=O) groups excluding carboxylic acids is 2. The SMILES string of the molecule is C=C[C@@]1(C)CC(=O)[C@]2(O)C3(C)C(C(OC(=O)Cn4c(=O)c5c(ncn5COCCOC)n(C)c4=O)C(O)[C@@]2(C)O1)C(C)(C)CC[C@@H]3O. The highest BCUT2D eigenvalue weighted by Crippen LogP contribution is 2.67. The number of fused-ring (bicyclic) bond motifs is 4. The lowest BCUT2D eigenvalue weighted by Gasteiger charge is -2.71. The highest BCUT2D eigenvalue weighted by molar-refractivity contribution is 5.92. The number of aryl methyl sites for hydroxylation is 1. The summed E-state index contributed by atoms with van der Waals surface area (Å²) in [6.07, 6.45) is -1.27. The molecule has 2 aromatic heterocycles. The predicted molar refractivity (Wildman–Crippen MR) is 166 cm³/mol. The van der Waals surface area contributed by atoms with Crippen LogP contribution in [0.4, 0.5) is 0 Å². The number of ketones is 1. The Morgan fingerprint density at radius 3 is 2.49 bits per heavy atom. The van der Waals surface area contributed by atoms with E-state index in [0.717, 1.165) is 4.57 Å². The highest BCUT2D eigenvalue weighted by Gasteiger charge is 2.81. The molecule has 2 saturated carbocycles. The van der Waals surface area contributed by atoms with E-state index in [-0.39, 0.29) is 37.3 Å². The molecule has 3 fully saturated rings. The largest absolute Gasteiger partial charge is 0.458 e. The zero-order valence-electron chi connectivity index (χ0n) is 28.0. The summed E-state index contributed by atoms with van der Waals surface area (Å²) in [5.41, 5.74) is -9.65. The summed E-state index contributed by atoms with van der Waals surface area (Å²) < 4.78 is 26.1. The number of aliphatic hydroxyl groups is 3. The fourth-order valence-corrected chi connectivity index (χ4v) is 8.59. The molecular formula is C32H46N4O11. The van der Waals surface area contributed by atoms with Crippen molar-refractivity contribution in [2.75, 3.05) is 20.3 Å². The molecule has 0 aromatic carbocycles. The molecular weight excluding hydrogens is 616 g/mol. The van der Waals surface area contributed by atoms with Gasteiger partial charge in [0.1, 0.15) is 31.1 Å². The second-order valence-electron chi connectivity index (χ2n) is 14.4. The molecule has 2 aromatic rings. The lowest BCUT2D eigenvalue weighted by Crippen LogP contribution is -2.86. The van der Waals surface area contributed by atoms with Crippen molar-refractivity contribution in [2.45, 2.75) is 102 Å². The van der Waals surface area contributed by atoms with Crippen LogP contribution in [0.25, 0.3) is 11.2 Å². The van der Waals surface area contributed by atoms with Gasteiger partial charge in [0.05, 0.1) is 31.2 Å². The Morgan fingerprint density at radius 1 is 1.17 bits per heavy atom. The van der Waals surface area contributed by atoms with Crippen LogP contribution in [0.3, 0.4) is 0 Å². The molecule has 0 bridgehead atoms. The van der Waals surface area contributed by atoms with Crippen LogP contribution in [0.15, 0.2) is 28.6 Å². The number of nitrogens with zero attached hydrogens (tertiary/aromatic N) is 4. The molecule has 1 saturated heterocycles. The van der Waals surface area contributed by atoms with Crippen LogP contribution in [-0.2, 0) is 48.9 Å². The topological polar surface area (TPSA) is 194 Å². The Balaban J connectivity index is 1.56. The summed E-state index contributed by atoms with van der Waals surface area (Å²) in [7, 11) is 2.93. The van der Waals surface area contributed by atoms with Gasteiger partial charge in [0.25, 0.3) is 5.56 Å². The first-order chi connectivity index (χ1) is 21.8. The average Bonchev–Trinajstić information content (AvgIpc) is 3.43. The number of aliphatic hydroxyl groups excluding tert-OH is 2. The lowest BCUT2D eigenvalue weighted by molar-refractivity contribution is -0.370. The molecule has 8 atom stereocenters. The summed E-state index contributed by atoms with van der Waals surface area (Å²) >= 11 is 0. The van der Waals surface area contributed by atoms with Gasteiger partial charge >= 0.3 is 11.7 Å². The Kier molecular flexibility index (Phi) is 8.77. The third-order valence-corrected chi connectivity index (χ3v) is 11.1. The van der Waals surface area contributed by atoms with Crippen LogP contribution in [0.1, 0.15) is 53.9 Å². The second kappa shape index (κ2) is 11.7. The third kappa shape index (κ3) is 4.96. The Labute approximate surface area is 271 Å². The van der Waals surface area contributed by atoms with Gasteiger partial charge in [0, 0.05) is 31.9 Å². The van der Waals surface area contributed by atoms with Crippen molar-refractivity contribution in [2.24, 2.45) is 23.8 Å². The van der Waals surface area contributed by atoms with E-state index in [1.54, 1.807) is 13.8 Å². The van der Waals surface area contributed by atoms with Crippen LogP contribution >= 0.6 is 0 Å². The molecule has 1 aliphatic heterocycles. The standard InChI is InChI=1S/C32H46N4O11/c1-9-29(4)14-19(38)32(43)30(5)18(37)10-11-28(2,3)23(30)22(24(40)31(32,6)47-29)46-20(39)15-36-26(41)21-25(34(7)27(36)42)33-16-35(21)17-45-13-12-44-8/h9,16,18,22-24,37,40,43H,1,10-15,17H2,2-8H3/t18-,22?,23?,24?,29-,30?,31+,32-/m0/s1. The van der Waals surface area contributed by atoms with Crippen molar-refractivity contribution in [3.05, 3.63) is 39.8 Å². The molecule has 5 rings (SSSR count). The van der Waals surface area contributed by atoms with E-state index >= 15 is 0 Å². The number of esters is 1. The number of aromatic nitrogens is 4. The lowest BCUT2D eigenvalue weighted by atomic mass is 9.40. The van der Waals surface area contributed by atoms with Crippen LogP contribution in [0.5, 0.6) is 0 Å². The molecule has 3 N–H and O–H groups in total. The van der Waals surface area contributed by atoms with Gasteiger partial charge in [0.15, 0.2) is 22.5 Å². The maximum absolute atomic E-state index is 14.0. The van der Waals surface area contributed by atoms with Gasteiger partial charge in [-0.25, -0.2) is 14.3 Å². The molecule has 15 heteroatoms. The molecule has 3 heterocycles. The van der Waals surface area contributed by atoms with E-state index in [1.807, 2.05) is 13.8 Å². The van der Waals surface area contributed by atoms with E-state index in [9.17, 15) is 34.5 Å². The van der Waals surface area contributed by atoms with Gasteiger partial charge in [-0.15, -0.1) is 6.58 Å². The van der Waals surface area contributed by atoms with Gasteiger partial charge < -0.3 is 38.8 Å². The molecule has 47 heavy (non-hydrogen) atoms. The van der Waals surface area contributed by atoms with Crippen molar-refractivity contribution < 1.29 is 43.9 Å². The maximum atomic E-state index is 14.0. The van der Waals surface area contributed by atoms with Gasteiger partial charge in [-0.3, -0.25) is 19.0 Å². The minimum atomic E-state index is -2.38. The summed E-state index contributed by atoms with van der Waals surface area (Å²) in [5, 5.41) is 36.1. The van der Waals surface area contributed by atoms with Crippen LogP contribution in [-0.4, -0.2) is 101 Å². The van der Waals surface area contributed by atoms with Crippen molar-refractivity contribution in [1.29, 1.82) is 0 Å². The van der Waals surface area contributed by atoms with Crippen LogP contribution < -0.4 is 11.2 Å². The fourth-order valence-electron chi connectivity index (χ4n) is 8.59. The van der Waals surface area contributed by atoms with E-state index < -0.39 is 81.4 Å². The summed E-state index contributed by atoms with van der Waals surface area (Å²) in [5.74, 6) is -2.62. The molecule has 0 spiro atoms. The minimum absolute atomic E-state index is 0.0227. The first-order valence-corrected chi connectivity index (χ1v) is 15.7. The first-order valence-electron chi connectivity index (χ1n) is 15.7. The van der Waals surface area contributed by atoms with E-state index in [4.69, 9.17) is 18.9 Å². The zero-order chi connectivity index (χ0) is 34.9. The number of Topliss-reactive ketones (excluding diaryl/α,β-unsaturated/α-hetero) is 1.